The lowest BCUT2D eigenvalue weighted by Gasteiger charge is -2.21. The molecule has 0 aliphatic heterocycles. The number of carboxylic acids is 1. The van der Waals surface area contributed by atoms with Crippen molar-refractivity contribution in [2.75, 3.05) is 0 Å². The summed E-state index contributed by atoms with van der Waals surface area (Å²) < 4.78 is 6.42. The minimum absolute atomic E-state index is 0.134. The zero-order chi connectivity index (χ0) is 16.3. The van der Waals surface area contributed by atoms with Crippen LogP contribution in [0.15, 0.2) is 46.9 Å². The molecule has 0 amide bonds. The van der Waals surface area contributed by atoms with Crippen molar-refractivity contribution in [2.45, 2.75) is 32.8 Å². The van der Waals surface area contributed by atoms with Crippen LogP contribution in [0.2, 0.25) is 0 Å². The Morgan fingerprint density at radius 3 is 2.36 bits per heavy atom. The second-order valence-electron chi connectivity index (χ2n) is 6.16. The number of carbonyl (C=O) groups is 1. The molecule has 22 heavy (non-hydrogen) atoms. The van der Waals surface area contributed by atoms with Crippen molar-refractivity contribution >= 4 is 21.9 Å². The molecule has 0 spiro atoms. The summed E-state index contributed by atoms with van der Waals surface area (Å²) in [5.41, 5.74) is 1.98. The fourth-order valence-corrected chi connectivity index (χ4v) is 2.64. The lowest BCUT2D eigenvalue weighted by atomic mass is 9.86. The zero-order valence-electron chi connectivity index (χ0n) is 12.9. The first-order valence-corrected chi connectivity index (χ1v) is 7.82. The van der Waals surface area contributed by atoms with Crippen molar-refractivity contribution in [2.24, 2.45) is 0 Å². The van der Waals surface area contributed by atoms with Crippen LogP contribution in [0.5, 0.6) is 5.75 Å². The average Bonchev–Trinajstić information content (AvgIpc) is 2.45. The first kappa shape index (κ1) is 16.6. The molecule has 2 rings (SSSR count). The van der Waals surface area contributed by atoms with Gasteiger partial charge in [0.05, 0.1) is 4.47 Å². The van der Waals surface area contributed by atoms with Gasteiger partial charge in [0.2, 0.25) is 0 Å². The van der Waals surface area contributed by atoms with E-state index in [1.807, 2.05) is 57.2 Å². The van der Waals surface area contributed by atoms with Crippen LogP contribution < -0.4 is 4.74 Å². The highest BCUT2D eigenvalue weighted by Crippen LogP contribution is 2.35. The summed E-state index contributed by atoms with van der Waals surface area (Å²) in [7, 11) is 0. The average molecular weight is 363 g/mol. The van der Waals surface area contributed by atoms with Gasteiger partial charge in [-0.25, -0.2) is 4.79 Å². The van der Waals surface area contributed by atoms with Crippen LogP contribution in [-0.4, -0.2) is 11.1 Å². The predicted molar refractivity (Wildman–Crippen MR) is 90.6 cm³/mol. The summed E-state index contributed by atoms with van der Waals surface area (Å²) in [5, 5.41) is 9.48. The molecule has 0 aliphatic carbocycles. The molecule has 1 N–H and O–H groups in total. The van der Waals surface area contributed by atoms with Crippen LogP contribution in [0.4, 0.5) is 0 Å². The Kier molecular flexibility index (Phi) is 4.91. The Morgan fingerprint density at radius 2 is 1.82 bits per heavy atom. The number of carboxylic acid groups (broad SMARTS) is 1. The van der Waals surface area contributed by atoms with Crippen LogP contribution in [0, 0.1) is 0 Å². The first-order chi connectivity index (χ1) is 10.3. The van der Waals surface area contributed by atoms with Crippen molar-refractivity contribution in [3.05, 3.63) is 63.6 Å². The lowest BCUT2D eigenvalue weighted by Crippen LogP contribution is -2.14. The molecule has 0 atom stereocenters. The molecule has 0 fully saturated rings. The Morgan fingerprint density at radius 1 is 1.18 bits per heavy atom. The van der Waals surface area contributed by atoms with Gasteiger partial charge in [-0.15, -0.1) is 0 Å². The molecule has 0 saturated carbocycles. The summed E-state index contributed by atoms with van der Waals surface area (Å²) in [6.07, 6.45) is 0. The van der Waals surface area contributed by atoms with E-state index in [0.29, 0.717) is 16.8 Å². The van der Waals surface area contributed by atoms with Gasteiger partial charge in [-0.2, -0.15) is 0 Å². The molecule has 0 heterocycles. The molecule has 0 aromatic heterocycles. The quantitative estimate of drug-likeness (QED) is 0.829. The maximum absolute atomic E-state index is 11.6. The molecule has 0 bridgehead atoms. The van der Waals surface area contributed by atoms with Gasteiger partial charge in [-0.1, -0.05) is 51.1 Å². The number of hydrogen-bond donors (Lipinski definition) is 1. The van der Waals surface area contributed by atoms with Crippen LogP contribution in [0.25, 0.3) is 0 Å². The normalized spacial score (nSPS) is 11.3. The molecule has 3 nitrogen and oxygen atoms in total. The van der Waals surface area contributed by atoms with Gasteiger partial charge < -0.3 is 9.84 Å². The van der Waals surface area contributed by atoms with E-state index in [0.717, 1.165) is 11.1 Å². The van der Waals surface area contributed by atoms with Gasteiger partial charge in [0, 0.05) is 0 Å². The smallest absolute Gasteiger partial charge is 0.339 e. The minimum atomic E-state index is -0.991. The summed E-state index contributed by atoms with van der Waals surface area (Å²) >= 11 is 3.44. The molecule has 2 aromatic rings. The number of benzene rings is 2. The summed E-state index contributed by atoms with van der Waals surface area (Å²) in [6.45, 7) is 6.47. The Balaban J connectivity index is 2.36. The molecule has 4 heteroatoms. The predicted octanol–water partition coefficient (Wildman–Crippen LogP) is 5.02. The standard InChI is InChI=1S/C18H19BrO3/c1-18(2,3)13-9-14(17(20)21)16(15(19)10-13)22-11-12-7-5-4-6-8-12/h4-10H,11H2,1-3H3,(H,20,21). The fourth-order valence-electron chi connectivity index (χ4n) is 2.06. The van der Waals surface area contributed by atoms with Crippen LogP contribution in [0.1, 0.15) is 42.3 Å². The van der Waals surface area contributed by atoms with Crippen LogP contribution in [-0.2, 0) is 12.0 Å². The van der Waals surface area contributed by atoms with Crippen molar-refractivity contribution in [3.8, 4) is 5.75 Å². The monoisotopic (exact) mass is 362 g/mol. The van der Waals surface area contributed by atoms with Gasteiger partial charge in [0.1, 0.15) is 17.9 Å². The van der Waals surface area contributed by atoms with E-state index in [-0.39, 0.29) is 11.0 Å². The summed E-state index contributed by atoms with van der Waals surface area (Å²) in [5.74, 6) is -0.626. The van der Waals surface area contributed by atoms with E-state index in [9.17, 15) is 9.90 Å². The largest absolute Gasteiger partial charge is 0.487 e. The Bertz CT molecular complexity index is 673. The van der Waals surface area contributed by atoms with E-state index in [4.69, 9.17) is 4.74 Å². The van der Waals surface area contributed by atoms with Crippen molar-refractivity contribution in [1.29, 1.82) is 0 Å². The summed E-state index contributed by atoms with van der Waals surface area (Å²) in [4.78, 5) is 11.6. The molecule has 2 aromatic carbocycles. The van der Waals surface area contributed by atoms with Gasteiger partial charge in [0.25, 0.3) is 0 Å². The highest BCUT2D eigenvalue weighted by atomic mass is 79.9. The molecule has 116 valence electrons. The SMILES string of the molecule is CC(C)(C)c1cc(Br)c(OCc2ccccc2)c(C(=O)O)c1. The number of halogens is 1. The number of ether oxygens (including phenoxy) is 1. The molecule has 0 unspecified atom stereocenters. The molecule has 0 radical (unpaired) electrons. The van der Waals surface area contributed by atoms with Gasteiger partial charge in [-0.3, -0.25) is 0 Å². The number of hydrogen-bond acceptors (Lipinski definition) is 2. The molecule has 0 saturated heterocycles. The van der Waals surface area contributed by atoms with Crippen molar-refractivity contribution in [3.63, 3.8) is 0 Å². The third-order valence-corrected chi connectivity index (χ3v) is 3.96. The summed E-state index contributed by atoms with van der Waals surface area (Å²) in [6, 6.07) is 13.3. The topological polar surface area (TPSA) is 46.5 Å². The van der Waals surface area contributed by atoms with Crippen LogP contribution >= 0.6 is 15.9 Å². The second-order valence-corrected chi connectivity index (χ2v) is 7.02. The van der Waals surface area contributed by atoms with E-state index in [1.54, 1.807) is 6.07 Å². The third-order valence-electron chi connectivity index (χ3n) is 3.37. The maximum atomic E-state index is 11.6. The van der Waals surface area contributed by atoms with E-state index < -0.39 is 5.97 Å². The molecular weight excluding hydrogens is 344 g/mol. The highest BCUT2D eigenvalue weighted by molar-refractivity contribution is 9.10. The zero-order valence-corrected chi connectivity index (χ0v) is 14.5. The van der Waals surface area contributed by atoms with Gasteiger partial charge in [-0.05, 0) is 44.6 Å². The van der Waals surface area contributed by atoms with E-state index in [1.165, 1.54) is 0 Å². The highest BCUT2D eigenvalue weighted by Gasteiger charge is 2.22. The first-order valence-electron chi connectivity index (χ1n) is 7.03. The number of aromatic carboxylic acids is 1. The molecule has 0 aliphatic rings. The molecular formula is C18H19BrO3. The lowest BCUT2D eigenvalue weighted by molar-refractivity contribution is 0.0691. The minimum Gasteiger partial charge on any atom is -0.487 e. The van der Waals surface area contributed by atoms with E-state index >= 15 is 0 Å². The van der Waals surface area contributed by atoms with Crippen molar-refractivity contribution in [1.82, 2.24) is 0 Å². The van der Waals surface area contributed by atoms with Gasteiger partial charge >= 0.3 is 5.97 Å². The van der Waals surface area contributed by atoms with Crippen LogP contribution in [0.3, 0.4) is 0 Å². The number of rotatable bonds is 4. The third kappa shape index (κ3) is 3.89. The maximum Gasteiger partial charge on any atom is 0.339 e. The van der Waals surface area contributed by atoms with Crippen molar-refractivity contribution < 1.29 is 14.6 Å². The Labute approximate surface area is 139 Å². The fraction of sp³-hybridized carbons (Fsp3) is 0.278. The second kappa shape index (κ2) is 6.53. The van der Waals surface area contributed by atoms with Gasteiger partial charge in [0.15, 0.2) is 0 Å². The Hall–Kier alpha value is -1.81. The van der Waals surface area contributed by atoms with E-state index in [2.05, 4.69) is 15.9 Å².